The summed E-state index contributed by atoms with van der Waals surface area (Å²) in [5.74, 6) is 2.10. The fourth-order valence-electron chi connectivity index (χ4n) is 1.83. The highest BCUT2D eigenvalue weighted by Crippen LogP contribution is 2.12. The summed E-state index contributed by atoms with van der Waals surface area (Å²) in [5, 5.41) is 6.61. The van der Waals surface area contributed by atoms with E-state index in [2.05, 4.69) is 20.6 Å². The van der Waals surface area contributed by atoms with Gasteiger partial charge in [-0.05, 0) is 31.8 Å². The lowest BCUT2D eigenvalue weighted by molar-refractivity contribution is 0.389. The first-order valence-corrected chi connectivity index (χ1v) is 5.69. The van der Waals surface area contributed by atoms with E-state index >= 15 is 0 Å². The molecule has 1 aromatic rings. The highest BCUT2D eigenvalue weighted by Gasteiger charge is 2.12. The van der Waals surface area contributed by atoms with Gasteiger partial charge in [0, 0.05) is 6.54 Å². The lowest BCUT2D eigenvalue weighted by atomic mass is 9.98. The molecule has 1 saturated heterocycles. The molecule has 0 radical (unpaired) electrons. The van der Waals surface area contributed by atoms with Crippen molar-refractivity contribution in [2.24, 2.45) is 5.92 Å². The van der Waals surface area contributed by atoms with E-state index in [9.17, 15) is 0 Å². The van der Waals surface area contributed by atoms with Gasteiger partial charge >= 0.3 is 0 Å². The van der Waals surface area contributed by atoms with E-state index in [0.29, 0.717) is 11.7 Å². The van der Waals surface area contributed by atoms with Gasteiger partial charge in [0.05, 0.1) is 19.5 Å². The van der Waals surface area contributed by atoms with Crippen molar-refractivity contribution in [2.45, 2.75) is 12.8 Å². The normalized spacial score (nSPS) is 17.1. The largest absolute Gasteiger partial charge is 0.494 e. The Hall–Kier alpha value is -1.36. The minimum atomic E-state index is 0.680. The van der Waals surface area contributed by atoms with E-state index in [1.807, 2.05) is 0 Å². The highest BCUT2D eigenvalue weighted by molar-refractivity contribution is 5.26. The van der Waals surface area contributed by atoms with Crippen molar-refractivity contribution < 1.29 is 4.74 Å². The number of piperidine rings is 1. The van der Waals surface area contributed by atoms with Gasteiger partial charge in [0.25, 0.3) is 0 Å². The summed E-state index contributed by atoms with van der Waals surface area (Å²) >= 11 is 0. The van der Waals surface area contributed by atoms with Crippen LogP contribution in [0.4, 0.5) is 5.95 Å². The van der Waals surface area contributed by atoms with Gasteiger partial charge in [-0.15, -0.1) is 0 Å². The summed E-state index contributed by atoms with van der Waals surface area (Å²) in [4.78, 5) is 8.34. The smallest absolute Gasteiger partial charge is 0.222 e. The standard InChI is InChI=1S/C11H18N4O/c1-16-10-7-14-11(15-8-10)13-6-9-2-4-12-5-3-9/h7-9,12H,2-6H2,1H3,(H,13,14,15). The van der Waals surface area contributed by atoms with Gasteiger partial charge < -0.3 is 15.4 Å². The molecular formula is C11H18N4O. The summed E-state index contributed by atoms with van der Waals surface area (Å²) in [6, 6.07) is 0. The molecule has 1 aliphatic rings. The molecule has 0 unspecified atom stereocenters. The summed E-state index contributed by atoms with van der Waals surface area (Å²) in [6.07, 6.45) is 5.81. The predicted molar refractivity (Wildman–Crippen MR) is 62.7 cm³/mol. The van der Waals surface area contributed by atoms with Crippen LogP contribution in [0.25, 0.3) is 0 Å². The summed E-state index contributed by atoms with van der Waals surface area (Å²) in [5.41, 5.74) is 0. The van der Waals surface area contributed by atoms with Gasteiger partial charge in [0.1, 0.15) is 0 Å². The number of rotatable bonds is 4. The van der Waals surface area contributed by atoms with Crippen LogP contribution >= 0.6 is 0 Å². The topological polar surface area (TPSA) is 59.1 Å². The third-order valence-corrected chi connectivity index (χ3v) is 2.87. The zero-order valence-electron chi connectivity index (χ0n) is 9.57. The Morgan fingerprint density at radius 2 is 2.06 bits per heavy atom. The summed E-state index contributed by atoms with van der Waals surface area (Å²) < 4.78 is 5.00. The monoisotopic (exact) mass is 222 g/mol. The quantitative estimate of drug-likeness (QED) is 0.792. The number of nitrogens with zero attached hydrogens (tertiary/aromatic N) is 2. The summed E-state index contributed by atoms with van der Waals surface area (Å²) in [6.45, 7) is 3.19. The maximum atomic E-state index is 5.00. The van der Waals surface area contributed by atoms with Crippen LogP contribution in [0.15, 0.2) is 12.4 Å². The lowest BCUT2D eigenvalue weighted by Gasteiger charge is -2.22. The second kappa shape index (κ2) is 5.65. The molecular weight excluding hydrogens is 204 g/mol. The molecule has 16 heavy (non-hydrogen) atoms. The first-order valence-electron chi connectivity index (χ1n) is 5.69. The Labute approximate surface area is 95.6 Å². The van der Waals surface area contributed by atoms with Crippen LogP contribution < -0.4 is 15.4 Å². The Morgan fingerprint density at radius 3 is 2.69 bits per heavy atom. The first-order chi connectivity index (χ1) is 7.88. The minimum absolute atomic E-state index is 0.680. The SMILES string of the molecule is COc1cnc(NCC2CCNCC2)nc1. The molecule has 5 heteroatoms. The predicted octanol–water partition coefficient (Wildman–Crippen LogP) is 0.897. The third-order valence-electron chi connectivity index (χ3n) is 2.87. The van der Waals surface area contributed by atoms with Crippen LogP contribution in [0.1, 0.15) is 12.8 Å². The molecule has 0 aliphatic carbocycles. The second-order valence-electron chi connectivity index (χ2n) is 4.02. The van der Waals surface area contributed by atoms with Crippen molar-refractivity contribution in [3.05, 3.63) is 12.4 Å². The van der Waals surface area contributed by atoms with Crippen molar-refractivity contribution in [3.8, 4) is 5.75 Å². The number of nitrogens with one attached hydrogen (secondary N) is 2. The van der Waals surface area contributed by atoms with Crippen molar-refractivity contribution >= 4 is 5.95 Å². The Morgan fingerprint density at radius 1 is 1.38 bits per heavy atom. The molecule has 0 aromatic carbocycles. The number of ether oxygens (including phenoxy) is 1. The number of methoxy groups -OCH3 is 1. The van der Waals surface area contributed by atoms with Crippen LogP contribution in [0.3, 0.4) is 0 Å². The van der Waals surface area contributed by atoms with Crippen LogP contribution in [0, 0.1) is 5.92 Å². The van der Waals surface area contributed by atoms with Crippen molar-refractivity contribution in [3.63, 3.8) is 0 Å². The Kier molecular flexibility index (Phi) is 3.93. The fraction of sp³-hybridized carbons (Fsp3) is 0.636. The average Bonchev–Trinajstić information content (AvgIpc) is 2.38. The van der Waals surface area contributed by atoms with Crippen LogP contribution in [-0.4, -0.2) is 36.7 Å². The summed E-state index contributed by atoms with van der Waals surface area (Å²) in [7, 11) is 1.61. The molecule has 0 bridgehead atoms. The van der Waals surface area contributed by atoms with Gasteiger partial charge in [0.2, 0.25) is 5.95 Å². The van der Waals surface area contributed by atoms with Gasteiger partial charge in [-0.2, -0.15) is 0 Å². The highest BCUT2D eigenvalue weighted by atomic mass is 16.5. The van der Waals surface area contributed by atoms with Crippen molar-refractivity contribution in [2.75, 3.05) is 32.1 Å². The molecule has 0 spiro atoms. The van der Waals surface area contributed by atoms with Crippen molar-refractivity contribution in [1.82, 2.24) is 15.3 Å². The van der Waals surface area contributed by atoms with E-state index in [-0.39, 0.29) is 0 Å². The maximum absolute atomic E-state index is 5.00. The zero-order chi connectivity index (χ0) is 11.2. The van der Waals surface area contributed by atoms with Crippen LogP contribution in [0.2, 0.25) is 0 Å². The first kappa shape index (κ1) is 11.1. The van der Waals surface area contributed by atoms with Gasteiger partial charge in [-0.1, -0.05) is 0 Å². The second-order valence-corrected chi connectivity index (χ2v) is 4.02. The molecule has 2 N–H and O–H groups in total. The van der Waals surface area contributed by atoms with Gasteiger partial charge in [-0.3, -0.25) is 0 Å². The molecule has 0 atom stereocenters. The Balaban J connectivity index is 1.79. The lowest BCUT2D eigenvalue weighted by Crippen LogP contribution is -2.31. The van der Waals surface area contributed by atoms with Crippen molar-refractivity contribution in [1.29, 1.82) is 0 Å². The average molecular weight is 222 g/mol. The fourth-order valence-corrected chi connectivity index (χ4v) is 1.83. The molecule has 1 aliphatic heterocycles. The number of anilines is 1. The van der Waals surface area contributed by atoms with E-state index in [1.54, 1.807) is 19.5 Å². The van der Waals surface area contributed by atoms with E-state index in [0.717, 1.165) is 25.6 Å². The zero-order valence-corrected chi connectivity index (χ0v) is 9.57. The number of aromatic nitrogens is 2. The minimum Gasteiger partial charge on any atom is -0.494 e. The Bertz CT molecular complexity index is 308. The molecule has 2 rings (SSSR count). The molecule has 1 fully saturated rings. The molecule has 0 saturated carbocycles. The molecule has 0 amide bonds. The maximum Gasteiger partial charge on any atom is 0.222 e. The van der Waals surface area contributed by atoms with Gasteiger partial charge in [-0.25, -0.2) is 9.97 Å². The molecule has 5 nitrogen and oxygen atoms in total. The van der Waals surface area contributed by atoms with E-state index in [4.69, 9.17) is 4.74 Å². The van der Waals surface area contributed by atoms with E-state index < -0.39 is 0 Å². The number of hydrogen-bond acceptors (Lipinski definition) is 5. The van der Waals surface area contributed by atoms with Crippen LogP contribution in [0.5, 0.6) is 5.75 Å². The number of hydrogen-bond donors (Lipinski definition) is 2. The molecule has 88 valence electrons. The van der Waals surface area contributed by atoms with Gasteiger partial charge in [0.15, 0.2) is 5.75 Å². The van der Waals surface area contributed by atoms with E-state index in [1.165, 1.54) is 12.8 Å². The van der Waals surface area contributed by atoms with Crippen LogP contribution in [-0.2, 0) is 0 Å². The molecule has 1 aromatic heterocycles. The molecule has 2 heterocycles. The third kappa shape index (κ3) is 3.06.